The van der Waals surface area contributed by atoms with Gasteiger partial charge in [0.25, 0.3) is 0 Å². The molecule has 0 saturated heterocycles. The molecule has 7 nitrogen and oxygen atoms in total. The first-order valence-corrected chi connectivity index (χ1v) is 9.49. The molecule has 4 aromatic rings. The van der Waals surface area contributed by atoms with Gasteiger partial charge < -0.3 is 9.73 Å². The van der Waals surface area contributed by atoms with Crippen LogP contribution >= 0.6 is 23.4 Å². The predicted octanol–water partition coefficient (Wildman–Crippen LogP) is 4.17. The number of rotatable bonds is 6. The van der Waals surface area contributed by atoms with Crippen LogP contribution in [0.3, 0.4) is 0 Å². The van der Waals surface area contributed by atoms with Gasteiger partial charge in [0.15, 0.2) is 5.76 Å². The van der Waals surface area contributed by atoms with Crippen LogP contribution in [0.4, 0.5) is 10.1 Å². The van der Waals surface area contributed by atoms with E-state index in [-0.39, 0.29) is 16.7 Å². The number of benzene rings is 1. The molecule has 28 heavy (non-hydrogen) atoms. The van der Waals surface area contributed by atoms with E-state index in [2.05, 4.69) is 15.5 Å². The number of thioether (sulfide) groups is 1. The van der Waals surface area contributed by atoms with Gasteiger partial charge in [-0.3, -0.25) is 9.47 Å². The molecule has 0 saturated carbocycles. The van der Waals surface area contributed by atoms with E-state index in [0.717, 1.165) is 0 Å². The molecule has 0 fully saturated rings. The molecule has 0 spiro atoms. The lowest BCUT2D eigenvalue weighted by atomic mass is 10.3. The third-order valence-electron chi connectivity index (χ3n) is 3.71. The van der Waals surface area contributed by atoms with Gasteiger partial charge in [-0.1, -0.05) is 23.4 Å². The smallest absolute Gasteiger partial charge is 0.234 e. The summed E-state index contributed by atoms with van der Waals surface area (Å²) in [6, 6.07) is 11.3. The number of hydrogen-bond acceptors (Lipinski definition) is 5. The molecule has 1 N–H and O–H groups in total. The average Bonchev–Trinajstić information content (AvgIpc) is 3.43. The van der Waals surface area contributed by atoms with Crippen LogP contribution in [0.15, 0.2) is 70.7 Å². The fourth-order valence-corrected chi connectivity index (χ4v) is 3.40. The number of amides is 1. The van der Waals surface area contributed by atoms with Gasteiger partial charge in [0, 0.05) is 18.1 Å². The van der Waals surface area contributed by atoms with E-state index in [1.165, 1.54) is 30.0 Å². The second-order valence-corrected chi connectivity index (χ2v) is 6.97. The summed E-state index contributed by atoms with van der Waals surface area (Å²) in [7, 11) is 0. The highest BCUT2D eigenvalue weighted by Crippen LogP contribution is 2.25. The summed E-state index contributed by atoms with van der Waals surface area (Å²) in [6.45, 7) is 0. The molecule has 10 heteroatoms. The molecule has 142 valence electrons. The molecular weight excluding hydrogens is 405 g/mol. The molecule has 1 amide bonds. The summed E-state index contributed by atoms with van der Waals surface area (Å²) in [4.78, 5) is 12.3. The van der Waals surface area contributed by atoms with Crippen molar-refractivity contribution in [3.8, 4) is 11.6 Å². The van der Waals surface area contributed by atoms with E-state index in [9.17, 15) is 9.18 Å². The number of anilines is 1. The Balaban J connectivity index is 1.52. The zero-order valence-corrected chi connectivity index (χ0v) is 15.8. The summed E-state index contributed by atoms with van der Waals surface area (Å²) < 4.78 is 22.2. The fraction of sp³-hybridized carbons (Fsp3) is 0.0556. The van der Waals surface area contributed by atoms with Gasteiger partial charge in [-0.15, -0.1) is 10.2 Å². The van der Waals surface area contributed by atoms with Crippen molar-refractivity contribution in [1.29, 1.82) is 0 Å². The first-order valence-electron chi connectivity index (χ1n) is 8.12. The third-order valence-corrected chi connectivity index (χ3v) is 4.92. The number of hydrogen-bond donors (Lipinski definition) is 1. The van der Waals surface area contributed by atoms with Crippen molar-refractivity contribution in [1.82, 2.24) is 19.5 Å². The van der Waals surface area contributed by atoms with Crippen LogP contribution in [-0.2, 0) is 4.79 Å². The molecule has 4 rings (SSSR count). The van der Waals surface area contributed by atoms with Gasteiger partial charge >= 0.3 is 0 Å². The largest absolute Gasteiger partial charge is 0.461 e. The van der Waals surface area contributed by atoms with Crippen molar-refractivity contribution in [3.05, 3.63) is 72.0 Å². The van der Waals surface area contributed by atoms with Gasteiger partial charge in [0.2, 0.25) is 16.9 Å². The first kappa shape index (κ1) is 18.3. The number of aromatic nitrogens is 4. The minimum absolute atomic E-state index is 0.0547. The maximum Gasteiger partial charge on any atom is 0.234 e. The summed E-state index contributed by atoms with van der Waals surface area (Å²) in [5.41, 5.74) is 0.417. The molecule has 3 aromatic heterocycles. The second-order valence-electron chi connectivity index (χ2n) is 5.62. The van der Waals surface area contributed by atoms with E-state index in [1.807, 2.05) is 24.5 Å². The van der Waals surface area contributed by atoms with Crippen LogP contribution < -0.4 is 5.32 Å². The van der Waals surface area contributed by atoms with Crippen molar-refractivity contribution in [2.45, 2.75) is 5.16 Å². The summed E-state index contributed by atoms with van der Waals surface area (Å²) in [6.07, 6.45) is 5.22. The standard InChI is InChI=1S/C18H13ClFN5O2S/c19-13-10-12(5-6-14(13)20)21-16(26)11-28-18-23-22-17(15-4-3-9-27-15)25(18)24-7-1-2-8-24/h1-10H,11H2,(H,21,26). The maximum atomic E-state index is 13.2. The zero-order valence-electron chi connectivity index (χ0n) is 14.3. The van der Waals surface area contributed by atoms with E-state index in [0.29, 0.717) is 22.4 Å². The Bertz CT molecular complexity index is 1100. The number of carbonyl (C=O) groups is 1. The molecule has 0 aliphatic heterocycles. The Morgan fingerprint density at radius 1 is 1.21 bits per heavy atom. The summed E-state index contributed by atoms with van der Waals surface area (Å²) in [5.74, 6) is 0.313. The number of carbonyl (C=O) groups excluding carboxylic acids is 1. The van der Waals surface area contributed by atoms with Crippen molar-refractivity contribution in [2.24, 2.45) is 0 Å². The third kappa shape index (κ3) is 3.80. The lowest BCUT2D eigenvalue weighted by Gasteiger charge is -2.10. The van der Waals surface area contributed by atoms with Gasteiger partial charge in [-0.25, -0.2) is 9.07 Å². The van der Waals surface area contributed by atoms with Gasteiger partial charge in [0.05, 0.1) is 17.0 Å². The molecule has 0 aliphatic rings. The minimum atomic E-state index is -0.542. The Labute approximate surface area is 168 Å². The van der Waals surface area contributed by atoms with Crippen LogP contribution in [0.5, 0.6) is 0 Å². The average molecular weight is 418 g/mol. The Morgan fingerprint density at radius 2 is 2.04 bits per heavy atom. The second kappa shape index (κ2) is 7.91. The topological polar surface area (TPSA) is 77.9 Å². The zero-order chi connectivity index (χ0) is 19.5. The van der Waals surface area contributed by atoms with Crippen molar-refractivity contribution in [2.75, 3.05) is 11.1 Å². The first-order chi connectivity index (χ1) is 13.6. The lowest BCUT2D eigenvalue weighted by molar-refractivity contribution is -0.113. The maximum absolute atomic E-state index is 13.2. The van der Waals surface area contributed by atoms with Gasteiger partial charge in [-0.05, 0) is 42.5 Å². The highest BCUT2D eigenvalue weighted by atomic mass is 35.5. The summed E-state index contributed by atoms with van der Waals surface area (Å²) >= 11 is 6.94. The van der Waals surface area contributed by atoms with Crippen LogP contribution in [0, 0.1) is 5.82 Å². The van der Waals surface area contributed by atoms with Crippen LogP contribution in [0.1, 0.15) is 0 Å². The molecular formula is C18H13ClFN5O2S. The summed E-state index contributed by atoms with van der Waals surface area (Å²) in [5, 5.41) is 11.5. The van der Waals surface area contributed by atoms with Crippen molar-refractivity contribution in [3.63, 3.8) is 0 Å². The van der Waals surface area contributed by atoms with Gasteiger partial charge in [-0.2, -0.15) is 0 Å². The normalized spacial score (nSPS) is 10.9. The predicted molar refractivity (Wildman–Crippen MR) is 104 cm³/mol. The Hall–Kier alpha value is -3.04. The molecule has 0 unspecified atom stereocenters. The highest BCUT2D eigenvalue weighted by Gasteiger charge is 2.18. The molecule has 0 aliphatic carbocycles. The number of furan rings is 1. The number of halogens is 2. The highest BCUT2D eigenvalue weighted by molar-refractivity contribution is 7.99. The quantitative estimate of drug-likeness (QED) is 0.476. The minimum Gasteiger partial charge on any atom is -0.461 e. The molecule has 0 atom stereocenters. The van der Waals surface area contributed by atoms with Crippen molar-refractivity contribution >= 4 is 35.0 Å². The Morgan fingerprint density at radius 3 is 2.75 bits per heavy atom. The van der Waals surface area contributed by atoms with E-state index in [4.69, 9.17) is 16.0 Å². The van der Waals surface area contributed by atoms with Gasteiger partial charge in [0.1, 0.15) is 5.82 Å². The molecule has 0 radical (unpaired) electrons. The van der Waals surface area contributed by atoms with E-state index in [1.54, 1.807) is 27.7 Å². The van der Waals surface area contributed by atoms with Crippen LogP contribution in [-0.4, -0.2) is 31.2 Å². The number of nitrogens with zero attached hydrogens (tertiary/aromatic N) is 4. The molecule has 0 bridgehead atoms. The number of nitrogens with one attached hydrogen (secondary N) is 1. The Kier molecular flexibility index (Phi) is 5.18. The van der Waals surface area contributed by atoms with Crippen LogP contribution in [0.25, 0.3) is 11.6 Å². The monoisotopic (exact) mass is 417 g/mol. The van der Waals surface area contributed by atoms with Crippen molar-refractivity contribution < 1.29 is 13.6 Å². The van der Waals surface area contributed by atoms with E-state index >= 15 is 0 Å². The molecule has 3 heterocycles. The fourth-order valence-electron chi connectivity index (χ4n) is 2.48. The molecule has 1 aromatic carbocycles. The lowest BCUT2D eigenvalue weighted by Crippen LogP contribution is -2.15. The SMILES string of the molecule is O=C(CSc1nnc(-c2ccco2)n1-n1cccc1)Nc1ccc(F)c(Cl)c1. The van der Waals surface area contributed by atoms with Crippen LogP contribution in [0.2, 0.25) is 5.02 Å². The van der Waals surface area contributed by atoms with E-state index < -0.39 is 5.82 Å².